The fourth-order valence-electron chi connectivity index (χ4n) is 3.53. The van der Waals surface area contributed by atoms with Crippen LogP contribution in [0.1, 0.15) is 49.1 Å². The molecule has 112 valence electrons. The standard InChI is InChI=1S/C18H19N3O/c1-12-15-7-6-14(11-16(15)13(2)21-20-12)18(9-10-19)8-4-3-5-17(18)22/h6-7,11H,3-5,8-9H2,1-2H3. The van der Waals surface area contributed by atoms with Crippen LogP contribution in [0.4, 0.5) is 0 Å². The lowest BCUT2D eigenvalue weighted by Crippen LogP contribution is -2.38. The molecule has 1 aromatic carbocycles. The molecule has 4 nitrogen and oxygen atoms in total. The Morgan fingerprint density at radius 3 is 2.59 bits per heavy atom. The van der Waals surface area contributed by atoms with Crippen molar-refractivity contribution < 1.29 is 4.79 Å². The number of hydrogen-bond acceptors (Lipinski definition) is 4. The van der Waals surface area contributed by atoms with Crippen LogP contribution in [0.25, 0.3) is 10.8 Å². The van der Waals surface area contributed by atoms with Gasteiger partial charge in [-0.3, -0.25) is 4.79 Å². The molecule has 0 amide bonds. The Morgan fingerprint density at radius 2 is 1.91 bits per heavy atom. The monoisotopic (exact) mass is 293 g/mol. The number of ketones is 1. The molecule has 3 rings (SSSR count). The van der Waals surface area contributed by atoms with Crippen molar-refractivity contribution in [3.8, 4) is 6.07 Å². The minimum absolute atomic E-state index is 0.205. The summed E-state index contributed by atoms with van der Waals surface area (Å²) in [6.07, 6.45) is 3.53. The van der Waals surface area contributed by atoms with E-state index in [1.54, 1.807) is 0 Å². The van der Waals surface area contributed by atoms with Crippen LogP contribution in [0, 0.1) is 25.2 Å². The maximum Gasteiger partial charge on any atom is 0.144 e. The van der Waals surface area contributed by atoms with Crippen LogP contribution in [-0.2, 0) is 10.2 Å². The van der Waals surface area contributed by atoms with E-state index in [1.807, 2.05) is 32.0 Å². The van der Waals surface area contributed by atoms with E-state index in [4.69, 9.17) is 0 Å². The highest BCUT2D eigenvalue weighted by Crippen LogP contribution is 2.40. The predicted octanol–water partition coefficient (Wildman–Crippen LogP) is 3.54. The Hall–Kier alpha value is -2.28. The minimum atomic E-state index is -0.634. The van der Waals surface area contributed by atoms with E-state index in [0.29, 0.717) is 6.42 Å². The number of rotatable bonds is 2. The first-order chi connectivity index (χ1) is 10.6. The van der Waals surface area contributed by atoms with E-state index < -0.39 is 5.41 Å². The van der Waals surface area contributed by atoms with Gasteiger partial charge in [0.2, 0.25) is 0 Å². The van der Waals surface area contributed by atoms with Crippen molar-refractivity contribution in [2.45, 2.75) is 51.4 Å². The van der Waals surface area contributed by atoms with Crippen molar-refractivity contribution in [2.24, 2.45) is 0 Å². The average Bonchev–Trinajstić information content (AvgIpc) is 2.53. The Balaban J connectivity index is 2.21. The van der Waals surface area contributed by atoms with E-state index in [0.717, 1.165) is 47.0 Å². The molecule has 1 aliphatic carbocycles. The first kappa shape index (κ1) is 14.6. The van der Waals surface area contributed by atoms with E-state index in [2.05, 4.69) is 16.3 Å². The molecule has 1 fully saturated rings. The number of benzene rings is 1. The lowest BCUT2D eigenvalue weighted by Gasteiger charge is -2.34. The van der Waals surface area contributed by atoms with Gasteiger partial charge in [-0.1, -0.05) is 18.6 Å². The van der Waals surface area contributed by atoms with Gasteiger partial charge in [-0.25, -0.2) is 0 Å². The highest BCUT2D eigenvalue weighted by molar-refractivity contribution is 5.94. The number of nitriles is 1. The highest BCUT2D eigenvalue weighted by atomic mass is 16.1. The Morgan fingerprint density at radius 1 is 1.18 bits per heavy atom. The molecule has 1 unspecified atom stereocenters. The first-order valence-corrected chi connectivity index (χ1v) is 7.73. The second kappa shape index (κ2) is 5.49. The smallest absolute Gasteiger partial charge is 0.144 e. The van der Waals surface area contributed by atoms with Gasteiger partial charge in [0.15, 0.2) is 0 Å². The molecule has 0 aliphatic heterocycles. The van der Waals surface area contributed by atoms with Gasteiger partial charge in [-0.15, -0.1) is 0 Å². The fraction of sp³-hybridized carbons (Fsp3) is 0.444. The van der Waals surface area contributed by atoms with Crippen molar-refractivity contribution in [3.05, 3.63) is 35.2 Å². The zero-order chi connectivity index (χ0) is 15.7. The summed E-state index contributed by atoms with van der Waals surface area (Å²) in [6, 6.07) is 8.29. The van der Waals surface area contributed by atoms with Crippen molar-refractivity contribution in [1.82, 2.24) is 10.2 Å². The summed E-state index contributed by atoms with van der Waals surface area (Å²) >= 11 is 0. The summed E-state index contributed by atoms with van der Waals surface area (Å²) in [6.45, 7) is 3.86. The first-order valence-electron chi connectivity index (χ1n) is 7.73. The van der Waals surface area contributed by atoms with Crippen LogP contribution < -0.4 is 0 Å². The van der Waals surface area contributed by atoms with E-state index in [-0.39, 0.29) is 12.2 Å². The highest BCUT2D eigenvalue weighted by Gasteiger charge is 2.41. The quantitative estimate of drug-likeness (QED) is 0.849. The number of hydrogen-bond donors (Lipinski definition) is 0. The zero-order valence-electron chi connectivity index (χ0n) is 13.0. The van der Waals surface area contributed by atoms with Crippen LogP contribution in [0.5, 0.6) is 0 Å². The Labute approximate surface area is 130 Å². The molecular weight excluding hydrogens is 274 g/mol. The van der Waals surface area contributed by atoms with E-state index in [1.165, 1.54) is 0 Å². The molecule has 1 heterocycles. The number of aryl methyl sites for hydroxylation is 2. The van der Waals surface area contributed by atoms with E-state index >= 15 is 0 Å². The molecule has 0 bridgehead atoms. The van der Waals surface area contributed by atoms with Crippen LogP contribution in [0.3, 0.4) is 0 Å². The van der Waals surface area contributed by atoms with Gasteiger partial charge in [0.25, 0.3) is 0 Å². The Kier molecular flexibility index (Phi) is 3.66. The molecule has 2 aromatic rings. The summed E-state index contributed by atoms with van der Waals surface area (Å²) in [7, 11) is 0. The lowest BCUT2D eigenvalue weighted by molar-refractivity contribution is -0.126. The average molecular weight is 293 g/mol. The number of carbonyl (C=O) groups excluding carboxylic acids is 1. The number of fused-ring (bicyclic) bond motifs is 1. The van der Waals surface area contributed by atoms with Gasteiger partial charge < -0.3 is 0 Å². The maximum atomic E-state index is 12.6. The molecule has 1 atom stereocenters. The molecule has 1 saturated carbocycles. The normalized spacial score (nSPS) is 21.8. The van der Waals surface area contributed by atoms with Crippen molar-refractivity contribution >= 4 is 16.6 Å². The second-order valence-corrected chi connectivity index (χ2v) is 6.18. The molecule has 22 heavy (non-hydrogen) atoms. The third kappa shape index (κ3) is 2.18. The summed E-state index contributed by atoms with van der Waals surface area (Å²) in [5.74, 6) is 0.205. The third-order valence-electron chi connectivity index (χ3n) is 4.87. The van der Waals surface area contributed by atoms with Gasteiger partial charge in [-0.05, 0) is 38.3 Å². The topological polar surface area (TPSA) is 66.6 Å². The minimum Gasteiger partial charge on any atom is -0.299 e. The third-order valence-corrected chi connectivity index (χ3v) is 4.87. The van der Waals surface area contributed by atoms with Crippen LogP contribution >= 0.6 is 0 Å². The predicted molar refractivity (Wildman–Crippen MR) is 84.4 cm³/mol. The molecular formula is C18H19N3O. The fourth-order valence-corrected chi connectivity index (χ4v) is 3.53. The number of Topliss-reactive ketones (excluding diaryl/α,β-unsaturated/α-hetero) is 1. The number of aromatic nitrogens is 2. The molecule has 0 saturated heterocycles. The van der Waals surface area contributed by atoms with Gasteiger partial charge in [0.1, 0.15) is 5.78 Å². The van der Waals surface area contributed by atoms with Crippen LogP contribution in [-0.4, -0.2) is 16.0 Å². The largest absolute Gasteiger partial charge is 0.299 e. The molecule has 0 N–H and O–H groups in total. The zero-order valence-corrected chi connectivity index (χ0v) is 13.0. The van der Waals surface area contributed by atoms with Crippen LogP contribution in [0.15, 0.2) is 18.2 Å². The maximum absolute atomic E-state index is 12.6. The summed E-state index contributed by atoms with van der Waals surface area (Å²) < 4.78 is 0. The molecule has 4 heteroatoms. The molecule has 0 radical (unpaired) electrons. The number of carbonyl (C=O) groups is 1. The van der Waals surface area contributed by atoms with Gasteiger partial charge in [0.05, 0.1) is 29.3 Å². The summed E-state index contributed by atoms with van der Waals surface area (Å²) in [4.78, 5) is 12.6. The summed E-state index contributed by atoms with van der Waals surface area (Å²) in [5, 5.41) is 19.7. The second-order valence-electron chi connectivity index (χ2n) is 6.18. The van der Waals surface area contributed by atoms with Crippen molar-refractivity contribution in [2.75, 3.05) is 0 Å². The number of nitrogens with zero attached hydrogens (tertiary/aromatic N) is 3. The summed E-state index contributed by atoms with van der Waals surface area (Å²) in [5.41, 5.74) is 2.07. The van der Waals surface area contributed by atoms with Crippen molar-refractivity contribution in [3.63, 3.8) is 0 Å². The van der Waals surface area contributed by atoms with Gasteiger partial charge in [-0.2, -0.15) is 15.5 Å². The molecule has 1 aliphatic rings. The molecule has 0 spiro atoms. The van der Waals surface area contributed by atoms with E-state index in [9.17, 15) is 10.1 Å². The Bertz CT molecular complexity index is 791. The van der Waals surface area contributed by atoms with Crippen molar-refractivity contribution in [1.29, 1.82) is 5.26 Å². The lowest BCUT2D eigenvalue weighted by atomic mass is 9.66. The van der Waals surface area contributed by atoms with Gasteiger partial charge >= 0.3 is 0 Å². The SMILES string of the molecule is Cc1nnc(C)c2cc(C3(CC#N)CCCCC3=O)ccc12. The van der Waals surface area contributed by atoms with Crippen LogP contribution in [0.2, 0.25) is 0 Å². The molecule has 1 aromatic heterocycles. The van der Waals surface area contributed by atoms with Gasteiger partial charge in [0, 0.05) is 17.2 Å².